The van der Waals surface area contributed by atoms with Crippen LogP contribution in [0.25, 0.3) is 11.3 Å². The highest BCUT2D eigenvalue weighted by Gasteiger charge is 2.16. The maximum absolute atomic E-state index is 13.3. The number of likely N-dealkylation sites (N-methyl/N-ethyl adjacent to an activating group) is 1. The lowest BCUT2D eigenvalue weighted by molar-refractivity contribution is 0.0732. The molecule has 1 heterocycles. The molecule has 0 radical (unpaired) electrons. The second kappa shape index (κ2) is 11.4. The molecule has 0 aliphatic carbocycles. The lowest BCUT2D eigenvalue weighted by atomic mass is 10.1. The molecule has 0 spiro atoms. The Morgan fingerprint density at radius 3 is 2.26 bits per heavy atom. The quantitative estimate of drug-likeness (QED) is 0.359. The van der Waals surface area contributed by atoms with E-state index in [2.05, 4.69) is 51.4 Å². The van der Waals surface area contributed by atoms with E-state index in [1.807, 2.05) is 79.7 Å². The van der Waals surface area contributed by atoms with Crippen molar-refractivity contribution < 1.29 is 4.79 Å². The van der Waals surface area contributed by atoms with Crippen LogP contribution < -0.4 is 5.32 Å². The molecule has 0 aliphatic heterocycles. The van der Waals surface area contributed by atoms with E-state index >= 15 is 0 Å². The van der Waals surface area contributed by atoms with Crippen molar-refractivity contribution in [2.75, 3.05) is 32.5 Å². The van der Waals surface area contributed by atoms with Crippen molar-refractivity contribution in [2.45, 2.75) is 13.5 Å². The summed E-state index contributed by atoms with van der Waals surface area (Å²) in [6.07, 6.45) is 1.74. The van der Waals surface area contributed by atoms with E-state index in [0.717, 1.165) is 29.1 Å². The number of rotatable bonds is 9. The summed E-state index contributed by atoms with van der Waals surface area (Å²) in [6, 6.07) is 27.7. The summed E-state index contributed by atoms with van der Waals surface area (Å²) in [5.74, 6) is 0.527. The Labute approximate surface area is 207 Å². The number of nitrogens with zero attached hydrogens (tertiary/aromatic N) is 4. The lowest BCUT2D eigenvalue weighted by Gasteiger charge is -2.25. The summed E-state index contributed by atoms with van der Waals surface area (Å²) in [5.41, 5.74) is 5.69. The largest absolute Gasteiger partial charge is 0.333 e. The minimum absolute atomic E-state index is 0.0138. The molecule has 3 aromatic carbocycles. The molecule has 0 bridgehead atoms. The van der Waals surface area contributed by atoms with Crippen LogP contribution in [0.3, 0.4) is 0 Å². The SMILES string of the molecule is Cc1ccc(-c2ccnc(Nc3ccc(C(=O)N(CCN(C)C)Cc4ccccc4)cc3)n2)cc1. The number of benzene rings is 3. The van der Waals surface area contributed by atoms with E-state index in [0.29, 0.717) is 24.6 Å². The van der Waals surface area contributed by atoms with Crippen molar-refractivity contribution in [2.24, 2.45) is 0 Å². The summed E-state index contributed by atoms with van der Waals surface area (Å²) < 4.78 is 0. The topological polar surface area (TPSA) is 61.4 Å². The van der Waals surface area contributed by atoms with Gasteiger partial charge in [-0.05, 0) is 56.9 Å². The van der Waals surface area contributed by atoms with E-state index in [9.17, 15) is 4.79 Å². The van der Waals surface area contributed by atoms with Crippen molar-refractivity contribution in [3.63, 3.8) is 0 Å². The predicted molar refractivity (Wildman–Crippen MR) is 142 cm³/mol. The van der Waals surface area contributed by atoms with Gasteiger partial charge in [-0.3, -0.25) is 4.79 Å². The molecular formula is C29H31N5O. The molecule has 1 N–H and O–H groups in total. The van der Waals surface area contributed by atoms with Crippen LogP contribution >= 0.6 is 0 Å². The van der Waals surface area contributed by atoms with Crippen molar-refractivity contribution >= 4 is 17.5 Å². The Bertz CT molecular complexity index is 1240. The number of aryl methyl sites for hydroxylation is 1. The molecule has 6 nitrogen and oxygen atoms in total. The van der Waals surface area contributed by atoms with Gasteiger partial charge in [0.1, 0.15) is 0 Å². The fraction of sp³-hybridized carbons (Fsp3) is 0.207. The maximum atomic E-state index is 13.3. The molecule has 4 aromatic rings. The maximum Gasteiger partial charge on any atom is 0.254 e. The summed E-state index contributed by atoms with van der Waals surface area (Å²) in [4.78, 5) is 26.3. The number of hydrogen-bond acceptors (Lipinski definition) is 5. The number of amides is 1. The molecule has 0 unspecified atom stereocenters. The van der Waals surface area contributed by atoms with E-state index in [1.165, 1.54) is 5.56 Å². The van der Waals surface area contributed by atoms with Crippen LogP contribution in [0.15, 0.2) is 91.1 Å². The first-order chi connectivity index (χ1) is 17.0. The molecular weight excluding hydrogens is 434 g/mol. The standard InChI is InChI=1S/C29H31N5O/c1-22-9-11-24(12-10-22)27-17-18-30-29(32-27)31-26-15-13-25(14-16-26)28(35)34(20-19-33(2)3)21-23-7-5-4-6-8-23/h4-18H,19-21H2,1-3H3,(H,30,31,32). The summed E-state index contributed by atoms with van der Waals surface area (Å²) in [7, 11) is 4.03. The summed E-state index contributed by atoms with van der Waals surface area (Å²) >= 11 is 0. The lowest BCUT2D eigenvalue weighted by Crippen LogP contribution is -2.36. The molecule has 4 rings (SSSR count). The molecule has 6 heteroatoms. The first-order valence-electron chi connectivity index (χ1n) is 11.7. The Morgan fingerprint density at radius 2 is 1.57 bits per heavy atom. The predicted octanol–water partition coefficient (Wildman–Crippen LogP) is 5.40. The van der Waals surface area contributed by atoms with Crippen LogP contribution in [-0.2, 0) is 6.54 Å². The van der Waals surface area contributed by atoms with Gasteiger partial charge in [-0.2, -0.15) is 0 Å². The van der Waals surface area contributed by atoms with Gasteiger partial charge < -0.3 is 15.1 Å². The van der Waals surface area contributed by atoms with Gasteiger partial charge in [0.25, 0.3) is 5.91 Å². The Hall–Kier alpha value is -4.03. The van der Waals surface area contributed by atoms with Crippen molar-refractivity contribution in [3.8, 4) is 11.3 Å². The molecule has 0 fully saturated rings. The van der Waals surface area contributed by atoms with Gasteiger partial charge in [-0.25, -0.2) is 9.97 Å². The molecule has 0 saturated carbocycles. The highest BCUT2D eigenvalue weighted by molar-refractivity contribution is 5.94. The van der Waals surface area contributed by atoms with Crippen LogP contribution in [-0.4, -0.2) is 52.9 Å². The number of anilines is 2. The average molecular weight is 466 g/mol. The third-order valence-electron chi connectivity index (χ3n) is 5.71. The van der Waals surface area contributed by atoms with Crippen LogP contribution in [0.2, 0.25) is 0 Å². The second-order valence-corrected chi connectivity index (χ2v) is 8.85. The number of carbonyl (C=O) groups excluding carboxylic acids is 1. The van der Waals surface area contributed by atoms with Gasteiger partial charge in [-0.15, -0.1) is 0 Å². The number of aromatic nitrogens is 2. The van der Waals surface area contributed by atoms with Crippen LogP contribution in [0, 0.1) is 6.92 Å². The number of hydrogen-bond donors (Lipinski definition) is 1. The van der Waals surface area contributed by atoms with E-state index < -0.39 is 0 Å². The van der Waals surface area contributed by atoms with Crippen LogP contribution in [0.5, 0.6) is 0 Å². The van der Waals surface area contributed by atoms with Crippen molar-refractivity contribution in [3.05, 3.63) is 108 Å². The van der Waals surface area contributed by atoms with Gasteiger partial charge in [0, 0.05) is 42.6 Å². The van der Waals surface area contributed by atoms with Gasteiger partial charge in [0.2, 0.25) is 5.95 Å². The molecule has 0 saturated heterocycles. The first kappa shape index (κ1) is 24.1. The van der Waals surface area contributed by atoms with E-state index in [1.54, 1.807) is 6.20 Å². The summed E-state index contributed by atoms with van der Waals surface area (Å²) in [6.45, 7) is 4.09. The summed E-state index contributed by atoms with van der Waals surface area (Å²) in [5, 5.41) is 3.25. The van der Waals surface area contributed by atoms with E-state index in [-0.39, 0.29) is 5.91 Å². The van der Waals surface area contributed by atoms with Gasteiger partial charge in [0.15, 0.2) is 0 Å². The highest BCUT2D eigenvalue weighted by Crippen LogP contribution is 2.21. The van der Waals surface area contributed by atoms with Crippen molar-refractivity contribution in [1.29, 1.82) is 0 Å². The zero-order valence-electron chi connectivity index (χ0n) is 20.5. The molecule has 1 aromatic heterocycles. The number of carbonyl (C=O) groups is 1. The zero-order chi connectivity index (χ0) is 24.6. The Balaban J connectivity index is 1.46. The smallest absolute Gasteiger partial charge is 0.254 e. The van der Waals surface area contributed by atoms with Gasteiger partial charge in [0.05, 0.1) is 5.69 Å². The second-order valence-electron chi connectivity index (χ2n) is 8.85. The molecule has 0 aliphatic rings. The van der Waals surface area contributed by atoms with Gasteiger partial charge >= 0.3 is 0 Å². The van der Waals surface area contributed by atoms with E-state index in [4.69, 9.17) is 0 Å². The Morgan fingerprint density at radius 1 is 0.857 bits per heavy atom. The van der Waals surface area contributed by atoms with Crippen molar-refractivity contribution in [1.82, 2.24) is 19.8 Å². The minimum Gasteiger partial charge on any atom is -0.333 e. The third-order valence-corrected chi connectivity index (χ3v) is 5.71. The van der Waals surface area contributed by atoms with Gasteiger partial charge in [-0.1, -0.05) is 60.2 Å². The molecule has 178 valence electrons. The van der Waals surface area contributed by atoms with Crippen LogP contribution in [0.4, 0.5) is 11.6 Å². The number of nitrogens with one attached hydrogen (secondary N) is 1. The van der Waals surface area contributed by atoms with Crippen LogP contribution in [0.1, 0.15) is 21.5 Å². The fourth-order valence-corrected chi connectivity index (χ4v) is 3.69. The molecule has 1 amide bonds. The Kier molecular flexibility index (Phi) is 7.85. The first-order valence-corrected chi connectivity index (χ1v) is 11.7. The monoisotopic (exact) mass is 465 g/mol. The average Bonchev–Trinajstić information content (AvgIpc) is 2.88. The third kappa shape index (κ3) is 6.74. The minimum atomic E-state index is 0.0138. The zero-order valence-corrected chi connectivity index (χ0v) is 20.5. The molecule has 0 atom stereocenters. The normalized spacial score (nSPS) is 10.9. The highest BCUT2D eigenvalue weighted by atomic mass is 16.2. The fourth-order valence-electron chi connectivity index (χ4n) is 3.69. The molecule has 35 heavy (non-hydrogen) atoms.